The van der Waals surface area contributed by atoms with Gasteiger partial charge in [-0.1, -0.05) is 12.1 Å². The first-order valence-corrected chi connectivity index (χ1v) is 10.1. The number of nitrogens with zero attached hydrogens (tertiary/aromatic N) is 1. The van der Waals surface area contributed by atoms with Gasteiger partial charge in [-0.15, -0.1) is 0 Å². The highest BCUT2D eigenvalue weighted by atomic mass is 16.5. The summed E-state index contributed by atoms with van der Waals surface area (Å²) in [6.45, 7) is 2.04. The average molecular weight is 430 g/mol. The van der Waals surface area contributed by atoms with Gasteiger partial charge < -0.3 is 19.2 Å². The number of pyridine rings is 1. The molecular formula is C25H22N2O5. The van der Waals surface area contributed by atoms with E-state index >= 15 is 0 Å². The fourth-order valence-corrected chi connectivity index (χ4v) is 3.32. The van der Waals surface area contributed by atoms with Gasteiger partial charge in [0.1, 0.15) is 17.1 Å². The number of rotatable bonds is 7. The van der Waals surface area contributed by atoms with Gasteiger partial charge in [0, 0.05) is 36.5 Å². The van der Waals surface area contributed by atoms with Crippen molar-refractivity contribution >= 4 is 16.9 Å². The summed E-state index contributed by atoms with van der Waals surface area (Å²) in [6, 6.07) is 17.7. The smallest absolute Gasteiger partial charge is 0.336 e. The van der Waals surface area contributed by atoms with E-state index in [0.717, 1.165) is 27.8 Å². The minimum absolute atomic E-state index is 0.254. The van der Waals surface area contributed by atoms with E-state index in [1.54, 1.807) is 38.6 Å². The van der Waals surface area contributed by atoms with Crippen molar-refractivity contribution in [1.82, 2.24) is 10.3 Å². The first kappa shape index (κ1) is 21.1. The van der Waals surface area contributed by atoms with Gasteiger partial charge in [0.25, 0.3) is 5.91 Å². The lowest BCUT2D eigenvalue weighted by molar-refractivity contribution is -0.127. The molecule has 0 fully saturated rings. The van der Waals surface area contributed by atoms with E-state index in [2.05, 4.69) is 10.3 Å². The van der Waals surface area contributed by atoms with Gasteiger partial charge in [-0.25, -0.2) is 4.79 Å². The normalized spacial score (nSPS) is 11.7. The van der Waals surface area contributed by atoms with E-state index in [9.17, 15) is 9.59 Å². The third-order valence-corrected chi connectivity index (χ3v) is 5.02. The molecule has 32 heavy (non-hydrogen) atoms. The molecule has 1 atom stereocenters. The minimum atomic E-state index is -0.731. The zero-order valence-electron chi connectivity index (χ0n) is 17.7. The molecular weight excluding hydrogens is 408 g/mol. The number of ether oxygens (including phenoxy) is 2. The maximum Gasteiger partial charge on any atom is 0.336 e. The van der Waals surface area contributed by atoms with Gasteiger partial charge in [0.2, 0.25) is 0 Å². The quantitative estimate of drug-likeness (QED) is 0.447. The molecule has 0 spiro atoms. The van der Waals surface area contributed by atoms with Crippen LogP contribution >= 0.6 is 0 Å². The molecule has 7 heteroatoms. The Morgan fingerprint density at radius 3 is 2.47 bits per heavy atom. The Hall–Kier alpha value is -4.13. The highest BCUT2D eigenvalue weighted by Gasteiger charge is 2.16. The molecule has 2 aromatic carbocycles. The lowest BCUT2D eigenvalue weighted by Gasteiger charge is -2.15. The highest BCUT2D eigenvalue weighted by Crippen LogP contribution is 2.31. The minimum Gasteiger partial charge on any atom is -0.497 e. The third-order valence-electron chi connectivity index (χ3n) is 5.02. The number of benzene rings is 2. The number of nitrogens with one attached hydrogen (secondary N) is 1. The number of hydrogen-bond donors (Lipinski definition) is 1. The van der Waals surface area contributed by atoms with Gasteiger partial charge >= 0.3 is 5.63 Å². The maximum absolute atomic E-state index is 12.4. The molecule has 0 saturated heterocycles. The summed E-state index contributed by atoms with van der Waals surface area (Å²) in [4.78, 5) is 28.5. The highest BCUT2D eigenvalue weighted by molar-refractivity contribution is 5.94. The molecule has 1 N–H and O–H groups in total. The topological polar surface area (TPSA) is 90.7 Å². The van der Waals surface area contributed by atoms with Crippen molar-refractivity contribution in [3.05, 3.63) is 89.0 Å². The molecule has 7 nitrogen and oxygen atoms in total. The molecule has 2 heterocycles. The molecule has 1 unspecified atom stereocenters. The SMILES string of the molecule is COc1ccc(-c2cc(=O)oc3cc(OC(C)C(=O)NCc4ccncc4)ccc23)cc1. The Morgan fingerprint density at radius 1 is 1.03 bits per heavy atom. The summed E-state index contributed by atoms with van der Waals surface area (Å²) in [6.07, 6.45) is 2.61. The van der Waals surface area contributed by atoms with Crippen molar-refractivity contribution in [1.29, 1.82) is 0 Å². The van der Waals surface area contributed by atoms with Crippen LogP contribution in [0.2, 0.25) is 0 Å². The summed E-state index contributed by atoms with van der Waals surface area (Å²) < 4.78 is 16.4. The number of carbonyl (C=O) groups excluding carboxylic acids is 1. The van der Waals surface area contributed by atoms with Gasteiger partial charge in [-0.2, -0.15) is 0 Å². The Bertz CT molecular complexity index is 1280. The predicted octanol–water partition coefficient (Wildman–Crippen LogP) is 3.95. The van der Waals surface area contributed by atoms with Crippen molar-refractivity contribution in [2.75, 3.05) is 7.11 Å². The number of aromatic nitrogens is 1. The van der Waals surface area contributed by atoms with Crippen molar-refractivity contribution in [2.24, 2.45) is 0 Å². The monoisotopic (exact) mass is 430 g/mol. The fraction of sp³-hybridized carbons (Fsp3) is 0.160. The summed E-state index contributed by atoms with van der Waals surface area (Å²) in [5.74, 6) is 0.905. The zero-order chi connectivity index (χ0) is 22.5. The van der Waals surface area contributed by atoms with Gasteiger partial charge in [-0.3, -0.25) is 9.78 Å². The molecule has 4 rings (SSSR count). The van der Waals surface area contributed by atoms with Crippen molar-refractivity contribution in [3.63, 3.8) is 0 Å². The fourth-order valence-electron chi connectivity index (χ4n) is 3.32. The largest absolute Gasteiger partial charge is 0.497 e. The molecule has 0 aliphatic rings. The zero-order valence-corrected chi connectivity index (χ0v) is 17.7. The average Bonchev–Trinajstić information content (AvgIpc) is 2.82. The first-order valence-electron chi connectivity index (χ1n) is 10.1. The van der Waals surface area contributed by atoms with Gasteiger partial charge in [-0.05, 0) is 60.0 Å². The molecule has 0 saturated carbocycles. The van der Waals surface area contributed by atoms with Crippen LogP contribution in [0, 0.1) is 0 Å². The lowest BCUT2D eigenvalue weighted by Crippen LogP contribution is -2.35. The molecule has 1 amide bonds. The second-order valence-corrected chi connectivity index (χ2v) is 7.20. The molecule has 2 aromatic heterocycles. The van der Waals surface area contributed by atoms with Crippen LogP contribution in [0.25, 0.3) is 22.1 Å². The predicted molar refractivity (Wildman–Crippen MR) is 121 cm³/mol. The van der Waals surface area contributed by atoms with Crippen molar-refractivity contribution in [2.45, 2.75) is 19.6 Å². The van der Waals surface area contributed by atoms with Crippen molar-refractivity contribution in [3.8, 4) is 22.6 Å². The second kappa shape index (κ2) is 9.34. The maximum atomic E-state index is 12.4. The van der Waals surface area contributed by atoms with Gasteiger partial charge in [0.15, 0.2) is 6.10 Å². The van der Waals surface area contributed by atoms with Crippen LogP contribution in [0.5, 0.6) is 11.5 Å². The Kier molecular flexibility index (Phi) is 6.17. The van der Waals surface area contributed by atoms with Crippen LogP contribution < -0.4 is 20.4 Å². The summed E-state index contributed by atoms with van der Waals surface area (Å²) in [5.41, 5.74) is 2.46. The van der Waals surface area contributed by atoms with Crippen LogP contribution in [0.1, 0.15) is 12.5 Å². The molecule has 4 aromatic rings. The number of amides is 1. The van der Waals surface area contributed by atoms with E-state index in [1.165, 1.54) is 6.07 Å². The van der Waals surface area contributed by atoms with Gasteiger partial charge in [0.05, 0.1) is 7.11 Å². The Morgan fingerprint density at radius 2 is 1.75 bits per heavy atom. The first-order chi connectivity index (χ1) is 15.5. The summed E-state index contributed by atoms with van der Waals surface area (Å²) >= 11 is 0. The van der Waals surface area contributed by atoms with E-state index in [1.807, 2.05) is 42.5 Å². The molecule has 0 bridgehead atoms. The molecule has 0 radical (unpaired) electrons. The third kappa shape index (κ3) is 4.78. The van der Waals surface area contributed by atoms with E-state index < -0.39 is 11.7 Å². The molecule has 162 valence electrons. The number of methoxy groups -OCH3 is 1. The number of hydrogen-bond acceptors (Lipinski definition) is 6. The van der Waals surface area contributed by atoms with Crippen LogP contribution in [-0.4, -0.2) is 24.1 Å². The lowest BCUT2D eigenvalue weighted by atomic mass is 10.0. The van der Waals surface area contributed by atoms with E-state index in [4.69, 9.17) is 13.9 Å². The van der Waals surface area contributed by atoms with Crippen LogP contribution in [0.4, 0.5) is 0 Å². The van der Waals surface area contributed by atoms with E-state index in [0.29, 0.717) is 17.9 Å². The Labute approximate surface area is 184 Å². The molecule has 0 aliphatic carbocycles. The standard InChI is InChI=1S/C25H22N2O5/c1-16(25(29)27-15-17-9-11-26-12-10-17)31-20-7-8-21-22(14-24(28)32-23(21)13-20)18-3-5-19(30-2)6-4-18/h3-14,16H,15H2,1-2H3,(H,27,29). The molecule has 0 aliphatic heterocycles. The van der Waals surface area contributed by atoms with Crippen LogP contribution in [0.15, 0.2) is 82.3 Å². The number of carbonyl (C=O) groups is 1. The summed E-state index contributed by atoms with van der Waals surface area (Å²) in [7, 11) is 1.60. The number of fused-ring (bicyclic) bond motifs is 1. The Balaban J connectivity index is 1.53. The van der Waals surface area contributed by atoms with E-state index in [-0.39, 0.29) is 5.91 Å². The summed E-state index contributed by atoms with van der Waals surface area (Å²) in [5, 5.41) is 3.59. The van der Waals surface area contributed by atoms with Crippen LogP contribution in [0.3, 0.4) is 0 Å². The van der Waals surface area contributed by atoms with Crippen LogP contribution in [-0.2, 0) is 11.3 Å². The second-order valence-electron chi connectivity index (χ2n) is 7.20. The van der Waals surface area contributed by atoms with Crippen molar-refractivity contribution < 1.29 is 18.7 Å².